The Labute approximate surface area is 99.0 Å². The zero-order chi connectivity index (χ0) is 11.6. The predicted molar refractivity (Wildman–Crippen MR) is 63.9 cm³/mol. The van der Waals surface area contributed by atoms with Gasteiger partial charge < -0.3 is 10.1 Å². The Morgan fingerprint density at radius 2 is 2.44 bits per heavy atom. The van der Waals surface area contributed by atoms with E-state index in [1.807, 2.05) is 0 Å². The molecule has 1 aliphatic rings. The molecule has 1 aliphatic carbocycles. The third kappa shape index (κ3) is 2.52. The average Bonchev–Trinajstić information content (AvgIpc) is 2.82. The van der Waals surface area contributed by atoms with E-state index < -0.39 is 0 Å². The first-order valence-corrected chi connectivity index (χ1v) is 6.37. The summed E-state index contributed by atoms with van der Waals surface area (Å²) in [5, 5.41) is 4.12. The molecule has 4 nitrogen and oxygen atoms in total. The molecule has 1 saturated carbocycles. The Kier molecular flexibility index (Phi) is 3.14. The van der Waals surface area contributed by atoms with Crippen LogP contribution in [0.25, 0.3) is 0 Å². The second kappa shape index (κ2) is 4.41. The lowest BCUT2D eigenvalue weighted by atomic mass is 10.1. The molecule has 0 aromatic carbocycles. The van der Waals surface area contributed by atoms with Gasteiger partial charge in [0.1, 0.15) is 5.00 Å². The van der Waals surface area contributed by atoms with Crippen LogP contribution in [0.15, 0.2) is 5.51 Å². The summed E-state index contributed by atoms with van der Waals surface area (Å²) in [7, 11) is 0. The highest BCUT2D eigenvalue weighted by molar-refractivity contribution is 7.14. The molecular weight excluding hydrogens is 224 g/mol. The smallest absolute Gasteiger partial charge is 0.360 e. The number of rotatable bonds is 5. The number of hydrogen-bond donors (Lipinski definition) is 1. The molecule has 1 N–H and O–H groups in total. The van der Waals surface area contributed by atoms with E-state index in [0.717, 1.165) is 11.5 Å². The molecule has 0 aliphatic heterocycles. The van der Waals surface area contributed by atoms with Crippen molar-refractivity contribution in [2.24, 2.45) is 5.41 Å². The Morgan fingerprint density at radius 1 is 1.69 bits per heavy atom. The lowest BCUT2D eigenvalue weighted by Crippen LogP contribution is -2.14. The number of ether oxygens (including phenoxy) is 1. The minimum Gasteiger partial charge on any atom is -0.461 e. The van der Waals surface area contributed by atoms with Crippen LogP contribution in [0.4, 0.5) is 5.00 Å². The van der Waals surface area contributed by atoms with Gasteiger partial charge in [-0.2, -0.15) is 0 Å². The highest BCUT2D eigenvalue weighted by atomic mass is 32.1. The lowest BCUT2D eigenvalue weighted by molar-refractivity contribution is 0.0521. The number of carbonyl (C=O) groups excluding carboxylic acids is 1. The molecule has 88 valence electrons. The van der Waals surface area contributed by atoms with Gasteiger partial charge in [0, 0.05) is 6.54 Å². The summed E-state index contributed by atoms with van der Waals surface area (Å²) in [6.45, 7) is 5.32. The van der Waals surface area contributed by atoms with Gasteiger partial charge in [0.15, 0.2) is 5.69 Å². The monoisotopic (exact) mass is 240 g/mol. The van der Waals surface area contributed by atoms with Crippen LogP contribution in [0.2, 0.25) is 0 Å². The second-order valence-corrected chi connectivity index (χ2v) is 5.27. The van der Waals surface area contributed by atoms with Gasteiger partial charge in [-0.25, -0.2) is 9.78 Å². The summed E-state index contributed by atoms with van der Waals surface area (Å²) in [6.07, 6.45) is 2.51. The number of nitrogens with one attached hydrogen (secondary N) is 1. The zero-order valence-electron chi connectivity index (χ0n) is 9.58. The number of nitrogens with zero attached hydrogens (tertiary/aromatic N) is 1. The van der Waals surface area contributed by atoms with Gasteiger partial charge in [-0.1, -0.05) is 6.92 Å². The maximum Gasteiger partial charge on any atom is 0.360 e. The minimum absolute atomic E-state index is 0.341. The Hall–Kier alpha value is -1.10. The first kappa shape index (κ1) is 11.4. The van der Waals surface area contributed by atoms with Crippen molar-refractivity contribution in [1.82, 2.24) is 4.98 Å². The van der Waals surface area contributed by atoms with Gasteiger partial charge in [0.25, 0.3) is 0 Å². The van der Waals surface area contributed by atoms with Gasteiger partial charge >= 0.3 is 5.97 Å². The van der Waals surface area contributed by atoms with Crippen LogP contribution in [-0.4, -0.2) is 24.1 Å². The summed E-state index contributed by atoms with van der Waals surface area (Å²) in [4.78, 5) is 15.6. The fourth-order valence-corrected chi connectivity index (χ4v) is 2.07. The first-order chi connectivity index (χ1) is 7.64. The molecule has 2 rings (SSSR count). The molecular formula is C11H16N2O2S. The summed E-state index contributed by atoms with van der Waals surface area (Å²) < 4.78 is 4.94. The third-order valence-electron chi connectivity index (χ3n) is 2.82. The molecule has 5 heteroatoms. The van der Waals surface area contributed by atoms with E-state index >= 15 is 0 Å². The number of aromatic nitrogens is 1. The van der Waals surface area contributed by atoms with Gasteiger partial charge in [-0.3, -0.25) is 0 Å². The van der Waals surface area contributed by atoms with E-state index in [-0.39, 0.29) is 5.97 Å². The highest BCUT2D eigenvalue weighted by Gasteiger charge is 2.37. The van der Waals surface area contributed by atoms with E-state index in [1.165, 1.54) is 24.2 Å². The molecule has 1 aromatic heterocycles. The van der Waals surface area contributed by atoms with Crippen LogP contribution in [0.5, 0.6) is 0 Å². The number of esters is 1. The summed E-state index contributed by atoms with van der Waals surface area (Å²) in [6, 6.07) is 0. The maximum absolute atomic E-state index is 11.5. The Morgan fingerprint density at radius 3 is 3.06 bits per heavy atom. The topological polar surface area (TPSA) is 51.2 Å². The lowest BCUT2D eigenvalue weighted by Gasteiger charge is -2.10. The average molecular weight is 240 g/mol. The molecule has 0 saturated heterocycles. The van der Waals surface area contributed by atoms with Crippen LogP contribution in [-0.2, 0) is 4.74 Å². The Bertz CT molecular complexity index is 385. The van der Waals surface area contributed by atoms with Crippen molar-refractivity contribution in [3.05, 3.63) is 11.2 Å². The van der Waals surface area contributed by atoms with Crippen LogP contribution in [0.3, 0.4) is 0 Å². The largest absolute Gasteiger partial charge is 0.461 e. The van der Waals surface area contributed by atoms with Crippen molar-refractivity contribution in [3.63, 3.8) is 0 Å². The van der Waals surface area contributed by atoms with Gasteiger partial charge in [0.05, 0.1) is 12.1 Å². The Balaban J connectivity index is 1.98. The molecule has 1 fully saturated rings. The quantitative estimate of drug-likeness (QED) is 0.803. The van der Waals surface area contributed by atoms with Crippen molar-refractivity contribution in [1.29, 1.82) is 0 Å². The third-order valence-corrected chi connectivity index (χ3v) is 3.60. The van der Waals surface area contributed by atoms with Crippen LogP contribution in [0.1, 0.15) is 37.2 Å². The minimum atomic E-state index is -0.341. The molecule has 0 spiro atoms. The molecule has 0 radical (unpaired) electrons. The SMILES string of the molecule is CCOC(=O)c1ncsc1NCC1(C)CC1. The summed E-state index contributed by atoms with van der Waals surface area (Å²) in [5.74, 6) is -0.341. The van der Waals surface area contributed by atoms with Gasteiger partial charge in [0.2, 0.25) is 0 Å². The normalized spacial score (nSPS) is 16.9. The fraction of sp³-hybridized carbons (Fsp3) is 0.636. The molecule has 1 aromatic rings. The molecule has 16 heavy (non-hydrogen) atoms. The molecule has 0 bridgehead atoms. The molecule has 1 heterocycles. The van der Waals surface area contributed by atoms with Crippen LogP contribution >= 0.6 is 11.3 Å². The number of thiazole rings is 1. The fourth-order valence-electron chi connectivity index (χ4n) is 1.40. The van der Waals surface area contributed by atoms with E-state index in [1.54, 1.807) is 12.4 Å². The van der Waals surface area contributed by atoms with Crippen molar-refractivity contribution in [2.75, 3.05) is 18.5 Å². The second-order valence-electron chi connectivity index (χ2n) is 4.41. The predicted octanol–water partition coefficient (Wildman–Crippen LogP) is 2.53. The van der Waals surface area contributed by atoms with Crippen LogP contribution < -0.4 is 5.32 Å². The number of carbonyl (C=O) groups is 1. The van der Waals surface area contributed by atoms with Gasteiger partial charge in [-0.05, 0) is 25.2 Å². The highest BCUT2D eigenvalue weighted by Crippen LogP contribution is 2.45. The van der Waals surface area contributed by atoms with Crippen molar-refractivity contribution in [2.45, 2.75) is 26.7 Å². The molecule has 0 amide bonds. The van der Waals surface area contributed by atoms with E-state index in [0.29, 0.717) is 17.7 Å². The first-order valence-electron chi connectivity index (χ1n) is 5.49. The van der Waals surface area contributed by atoms with E-state index in [2.05, 4.69) is 17.2 Å². The molecule has 0 atom stereocenters. The van der Waals surface area contributed by atoms with Crippen molar-refractivity contribution in [3.8, 4) is 0 Å². The molecule has 0 unspecified atom stereocenters. The van der Waals surface area contributed by atoms with E-state index in [4.69, 9.17) is 4.74 Å². The standard InChI is InChI=1S/C11H16N2O2S/c1-3-15-10(14)8-9(16-7-13-8)12-6-11(2)4-5-11/h7,12H,3-6H2,1-2H3. The summed E-state index contributed by atoms with van der Waals surface area (Å²) in [5.41, 5.74) is 2.50. The van der Waals surface area contributed by atoms with E-state index in [9.17, 15) is 4.79 Å². The van der Waals surface area contributed by atoms with Crippen molar-refractivity contribution >= 4 is 22.3 Å². The zero-order valence-corrected chi connectivity index (χ0v) is 10.4. The van der Waals surface area contributed by atoms with Crippen LogP contribution in [0, 0.1) is 5.41 Å². The van der Waals surface area contributed by atoms with Gasteiger partial charge in [-0.15, -0.1) is 11.3 Å². The summed E-state index contributed by atoms with van der Waals surface area (Å²) >= 11 is 1.45. The van der Waals surface area contributed by atoms with Crippen molar-refractivity contribution < 1.29 is 9.53 Å². The number of hydrogen-bond acceptors (Lipinski definition) is 5. The maximum atomic E-state index is 11.5. The number of anilines is 1.